The van der Waals surface area contributed by atoms with Crippen molar-refractivity contribution in [2.75, 3.05) is 46.3 Å². The summed E-state index contributed by atoms with van der Waals surface area (Å²) in [4.78, 5) is 42.4. The first kappa shape index (κ1) is 14.4. The van der Waals surface area contributed by atoms with Gasteiger partial charge in [0, 0.05) is 26.2 Å². The Hall–Kier alpha value is -2.03. The molecule has 0 spiro atoms. The van der Waals surface area contributed by atoms with E-state index in [0.29, 0.717) is 13.1 Å². The lowest BCUT2D eigenvalue weighted by atomic mass is 10.2. The molecule has 20 heavy (non-hydrogen) atoms. The molecule has 1 saturated heterocycles. The Morgan fingerprint density at radius 2 is 1.85 bits per heavy atom. The quantitative estimate of drug-likeness (QED) is 0.353. The van der Waals surface area contributed by atoms with Crippen molar-refractivity contribution < 1.29 is 14.5 Å². The summed E-state index contributed by atoms with van der Waals surface area (Å²) in [6.07, 6.45) is -0.337. The number of nitro groups is 1. The van der Waals surface area contributed by atoms with Gasteiger partial charge in [0.1, 0.15) is 19.5 Å². The minimum absolute atomic E-state index is 0.172. The van der Waals surface area contributed by atoms with Crippen LogP contribution in [0.3, 0.4) is 0 Å². The molecule has 2 rings (SSSR count). The Morgan fingerprint density at radius 1 is 1.20 bits per heavy atom. The van der Waals surface area contributed by atoms with Gasteiger partial charge in [-0.25, -0.2) is 0 Å². The zero-order valence-electron chi connectivity index (χ0n) is 11.3. The average Bonchev–Trinajstić information content (AvgIpc) is 2.88. The second-order valence-corrected chi connectivity index (χ2v) is 4.85. The van der Waals surface area contributed by atoms with Crippen molar-refractivity contribution in [3.63, 3.8) is 0 Å². The Morgan fingerprint density at radius 3 is 2.45 bits per heavy atom. The van der Waals surface area contributed by atoms with E-state index in [0.717, 1.165) is 18.0 Å². The van der Waals surface area contributed by atoms with E-state index in [9.17, 15) is 19.7 Å². The van der Waals surface area contributed by atoms with Gasteiger partial charge in [-0.2, -0.15) is 4.90 Å². The van der Waals surface area contributed by atoms with Gasteiger partial charge in [-0.05, 0) is 12.0 Å². The van der Waals surface area contributed by atoms with Gasteiger partial charge >= 0.3 is 5.96 Å². The maximum Gasteiger partial charge on any atom is 0.432 e. The summed E-state index contributed by atoms with van der Waals surface area (Å²) >= 11 is 0. The number of carbonyl (C=O) groups is 2. The van der Waals surface area contributed by atoms with E-state index in [2.05, 4.69) is 9.89 Å². The van der Waals surface area contributed by atoms with Crippen molar-refractivity contribution >= 4 is 17.8 Å². The molecular formula is C11H17N5O4. The van der Waals surface area contributed by atoms with Crippen LogP contribution in [0.15, 0.2) is 4.99 Å². The molecule has 0 aliphatic carbocycles. The number of rotatable bonds is 2. The zero-order chi connectivity index (χ0) is 14.7. The van der Waals surface area contributed by atoms with Gasteiger partial charge in [0.05, 0.1) is 0 Å². The van der Waals surface area contributed by atoms with Crippen molar-refractivity contribution in [3.05, 3.63) is 10.1 Å². The Kier molecular flexibility index (Phi) is 4.28. The van der Waals surface area contributed by atoms with Gasteiger partial charge in [0.2, 0.25) is 5.91 Å². The van der Waals surface area contributed by atoms with E-state index in [-0.39, 0.29) is 25.4 Å². The Bertz CT molecular complexity index is 456. The Balaban J connectivity index is 1.90. The molecule has 0 aromatic heterocycles. The highest BCUT2D eigenvalue weighted by molar-refractivity contribution is 6.03. The first-order valence-electron chi connectivity index (χ1n) is 6.44. The lowest BCUT2D eigenvalue weighted by molar-refractivity contribution is -0.361. The molecule has 0 radical (unpaired) electrons. The third-order valence-electron chi connectivity index (χ3n) is 3.44. The number of hydrogen-bond donors (Lipinski definition) is 0. The highest BCUT2D eigenvalue weighted by Crippen LogP contribution is 2.08. The molecule has 0 unspecified atom stereocenters. The van der Waals surface area contributed by atoms with E-state index in [4.69, 9.17) is 0 Å². The van der Waals surface area contributed by atoms with Crippen molar-refractivity contribution in [1.82, 2.24) is 14.7 Å². The van der Waals surface area contributed by atoms with Crippen LogP contribution in [0.1, 0.15) is 6.42 Å². The molecule has 0 N–H and O–H groups in total. The van der Waals surface area contributed by atoms with E-state index < -0.39 is 16.8 Å². The largest absolute Gasteiger partial charge is 0.432 e. The third kappa shape index (κ3) is 3.10. The number of aliphatic imine (C=N–C) groups is 1. The minimum Gasteiger partial charge on any atom is -0.390 e. The lowest BCUT2D eigenvalue weighted by Crippen LogP contribution is -2.49. The van der Waals surface area contributed by atoms with Crippen LogP contribution in [0.2, 0.25) is 0 Å². The van der Waals surface area contributed by atoms with E-state index in [1.54, 1.807) is 4.90 Å². The molecule has 2 amide bonds. The maximum absolute atomic E-state index is 12.0. The monoisotopic (exact) mass is 283 g/mol. The van der Waals surface area contributed by atoms with Gasteiger partial charge in [-0.3, -0.25) is 9.59 Å². The molecule has 0 bridgehead atoms. The lowest BCUT2D eigenvalue weighted by Gasteiger charge is -2.32. The molecule has 0 aromatic rings. The standard InChI is InChI=1S/C11H17N5O4/c1-13-4-6-14(7-5-13)9(17)8-10(18)15-3-2-12-11(15)16(19)20/h2-8H2,1H3. The molecule has 2 aliphatic heterocycles. The van der Waals surface area contributed by atoms with Crippen molar-refractivity contribution in [2.24, 2.45) is 4.99 Å². The fourth-order valence-electron chi connectivity index (χ4n) is 2.22. The summed E-state index contributed by atoms with van der Waals surface area (Å²) in [6.45, 7) is 3.09. The summed E-state index contributed by atoms with van der Waals surface area (Å²) in [7, 11) is 1.97. The Labute approximate surface area is 116 Å². The van der Waals surface area contributed by atoms with Crippen molar-refractivity contribution in [2.45, 2.75) is 6.42 Å². The SMILES string of the molecule is CN1CCN(C(=O)CC(=O)N2CCN=C2[N+](=O)[O-])CC1. The molecule has 0 saturated carbocycles. The molecule has 9 nitrogen and oxygen atoms in total. The number of nitrogens with zero attached hydrogens (tertiary/aromatic N) is 5. The highest BCUT2D eigenvalue weighted by atomic mass is 16.6. The molecule has 0 atom stereocenters. The van der Waals surface area contributed by atoms with Crippen LogP contribution in [0.4, 0.5) is 0 Å². The fraction of sp³-hybridized carbons (Fsp3) is 0.727. The van der Waals surface area contributed by atoms with Crippen molar-refractivity contribution in [3.8, 4) is 0 Å². The number of amides is 2. The van der Waals surface area contributed by atoms with Crippen LogP contribution in [-0.4, -0.2) is 83.7 Å². The predicted molar refractivity (Wildman–Crippen MR) is 69.7 cm³/mol. The number of likely N-dealkylation sites (N-methyl/N-ethyl adjacent to an activating group) is 1. The topological polar surface area (TPSA) is 99.4 Å². The normalized spacial score (nSPS) is 19.9. The van der Waals surface area contributed by atoms with E-state index in [1.807, 2.05) is 7.05 Å². The minimum atomic E-state index is -0.689. The van der Waals surface area contributed by atoms with E-state index >= 15 is 0 Å². The molecule has 9 heteroatoms. The first-order chi connectivity index (χ1) is 9.49. The molecular weight excluding hydrogens is 266 g/mol. The van der Waals surface area contributed by atoms with Crippen LogP contribution in [-0.2, 0) is 9.59 Å². The van der Waals surface area contributed by atoms with Gasteiger partial charge in [0.25, 0.3) is 5.91 Å². The molecule has 2 aliphatic rings. The predicted octanol–water partition coefficient (Wildman–Crippen LogP) is -1.37. The zero-order valence-corrected chi connectivity index (χ0v) is 11.3. The summed E-state index contributed by atoms with van der Waals surface area (Å²) < 4.78 is 0. The number of piperazine rings is 1. The van der Waals surface area contributed by atoms with Gasteiger partial charge in [-0.15, -0.1) is 4.99 Å². The van der Waals surface area contributed by atoms with Crippen LogP contribution in [0.25, 0.3) is 0 Å². The average molecular weight is 283 g/mol. The van der Waals surface area contributed by atoms with Crippen LogP contribution < -0.4 is 0 Å². The second kappa shape index (κ2) is 5.95. The first-order valence-corrected chi connectivity index (χ1v) is 6.44. The molecule has 1 fully saturated rings. The number of hydrogen-bond acceptors (Lipinski definition) is 6. The maximum atomic E-state index is 12.0. The van der Waals surface area contributed by atoms with E-state index in [1.165, 1.54) is 0 Å². The summed E-state index contributed by atoms with van der Waals surface area (Å²) in [5.74, 6) is -1.29. The van der Waals surface area contributed by atoms with Gasteiger partial charge in [-0.1, -0.05) is 0 Å². The fourth-order valence-corrected chi connectivity index (χ4v) is 2.22. The van der Waals surface area contributed by atoms with Gasteiger partial charge < -0.3 is 19.9 Å². The third-order valence-corrected chi connectivity index (χ3v) is 3.44. The molecule has 110 valence electrons. The smallest absolute Gasteiger partial charge is 0.390 e. The number of carbonyl (C=O) groups excluding carboxylic acids is 2. The van der Waals surface area contributed by atoms with Crippen LogP contribution in [0, 0.1) is 10.1 Å². The summed E-state index contributed by atoms with van der Waals surface area (Å²) in [5.41, 5.74) is 0. The van der Waals surface area contributed by atoms with Crippen LogP contribution in [0.5, 0.6) is 0 Å². The molecule has 2 heterocycles. The summed E-state index contributed by atoms with van der Waals surface area (Å²) in [5, 5.41) is 10.7. The van der Waals surface area contributed by atoms with Crippen molar-refractivity contribution in [1.29, 1.82) is 0 Å². The second-order valence-electron chi connectivity index (χ2n) is 4.85. The number of guanidine groups is 1. The summed E-state index contributed by atoms with van der Waals surface area (Å²) in [6, 6.07) is 0. The molecule has 0 aromatic carbocycles. The highest BCUT2D eigenvalue weighted by Gasteiger charge is 2.36. The van der Waals surface area contributed by atoms with Gasteiger partial charge in [0.15, 0.2) is 0 Å². The van der Waals surface area contributed by atoms with Crippen LogP contribution >= 0.6 is 0 Å².